The quantitative estimate of drug-likeness (QED) is 0.251. The van der Waals surface area contributed by atoms with Crippen molar-refractivity contribution in [3.63, 3.8) is 0 Å². The van der Waals surface area contributed by atoms with E-state index < -0.39 is 17.6 Å². The molecule has 0 aliphatic carbocycles. The maximum Gasteiger partial charge on any atom is 0.270 e. The molecule has 216 valence electrons. The molecule has 1 aromatic carbocycles. The van der Waals surface area contributed by atoms with Crippen molar-refractivity contribution in [1.29, 1.82) is 0 Å². The van der Waals surface area contributed by atoms with Crippen molar-refractivity contribution in [2.24, 2.45) is 0 Å². The number of amides is 2. The largest absolute Gasteiger partial charge is 0.381 e. The average molecular weight is 569 g/mol. The molecule has 0 unspecified atom stereocenters. The first-order valence-electron chi connectivity index (χ1n) is 14.2. The number of hydrogen-bond donors (Lipinski definition) is 3. The van der Waals surface area contributed by atoms with E-state index in [-0.39, 0.29) is 36.0 Å². The molecule has 1 fully saturated rings. The van der Waals surface area contributed by atoms with Crippen LogP contribution < -0.4 is 21.4 Å². The third kappa shape index (κ3) is 6.43. The maximum absolute atomic E-state index is 13.4. The number of halogens is 1. The molecule has 42 heavy (non-hydrogen) atoms. The Morgan fingerprint density at radius 2 is 1.76 bits per heavy atom. The van der Waals surface area contributed by atoms with Gasteiger partial charge in [-0.3, -0.25) is 9.59 Å². The molecule has 10 nitrogen and oxygen atoms in total. The van der Waals surface area contributed by atoms with Crippen LogP contribution in [0.2, 0.25) is 0 Å². The van der Waals surface area contributed by atoms with E-state index >= 15 is 0 Å². The van der Waals surface area contributed by atoms with Crippen molar-refractivity contribution in [3.05, 3.63) is 76.6 Å². The van der Waals surface area contributed by atoms with Crippen LogP contribution in [0.15, 0.2) is 42.6 Å². The molecule has 4 aromatic rings. The van der Waals surface area contributed by atoms with E-state index in [0.717, 1.165) is 40.8 Å². The lowest BCUT2D eigenvalue weighted by Gasteiger charge is -2.26. The van der Waals surface area contributed by atoms with Gasteiger partial charge in [0.2, 0.25) is 0 Å². The van der Waals surface area contributed by atoms with E-state index in [2.05, 4.69) is 26.0 Å². The number of ether oxygens (including phenoxy) is 1. The summed E-state index contributed by atoms with van der Waals surface area (Å²) in [4.78, 5) is 35.2. The normalized spacial score (nSPS) is 13.7. The summed E-state index contributed by atoms with van der Waals surface area (Å²) >= 11 is 0. The van der Waals surface area contributed by atoms with Gasteiger partial charge in [0.05, 0.1) is 17.3 Å². The lowest BCUT2D eigenvalue weighted by atomic mass is 9.93. The lowest BCUT2D eigenvalue weighted by molar-refractivity contribution is 0.0904. The summed E-state index contributed by atoms with van der Waals surface area (Å²) in [6.45, 7) is 6.50. The summed E-state index contributed by atoms with van der Waals surface area (Å²) in [6.07, 6.45) is 4.26. The lowest BCUT2D eigenvalue weighted by Crippen LogP contribution is -2.30. The second kappa shape index (κ2) is 13.1. The van der Waals surface area contributed by atoms with Crippen LogP contribution in [0.5, 0.6) is 0 Å². The fourth-order valence-electron chi connectivity index (χ4n) is 5.02. The van der Waals surface area contributed by atoms with Crippen LogP contribution in [0.25, 0.3) is 11.0 Å². The van der Waals surface area contributed by atoms with Crippen molar-refractivity contribution in [2.45, 2.75) is 58.8 Å². The van der Waals surface area contributed by atoms with E-state index in [9.17, 15) is 14.0 Å². The topological polar surface area (TPSA) is 123 Å². The minimum absolute atomic E-state index is 0.00411. The van der Waals surface area contributed by atoms with Crippen molar-refractivity contribution >= 4 is 41.8 Å². The van der Waals surface area contributed by atoms with E-state index in [4.69, 9.17) is 17.6 Å². The van der Waals surface area contributed by atoms with Crippen LogP contribution in [0, 0.1) is 5.82 Å². The third-order valence-electron chi connectivity index (χ3n) is 7.33. The highest BCUT2D eigenvalue weighted by molar-refractivity contribution is 6.32. The van der Waals surface area contributed by atoms with Crippen molar-refractivity contribution in [2.75, 3.05) is 18.5 Å². The minimum atomic E-state index is -0.519. The van der Waals surface area contributed by atoms with E-state index in [1.165, 1.54) is 18.2 Å². The fraction of sp³-hybridized carbons (Fsp3) is 0.367. The molecular formula is C30H33BFN7O3. The number of anilines is 1. The van der Waals surface area contributed by atoms with Crippen LogP contribution in [-0.2, 0) is 30.8 Å². The number of pyridine rings is 2. The molecule has 0 spiro atoms. The predicted molar refractivity (Wildman–Crippen MR) is 158 cm³/mol. The number of aryl methyl sites for hydroxylation is 2. The minimum Gasteiger partial charge on any atom is -0.381 e. The third-order valence-corrected chi connectivity index (χ3v) is 7.33. The molecule has 1 aliphatic heterocycles. The number of hydrogen-bond acceptors (Lipinski definition) is 7. The van der Waals surface area contributed by atoms with Crippen LogP contribution in [0.3, 0.4) is 0 Å². The molecular weight excluding hydrogens is 536 g/mol. The van der Waals surface area contributed by atoms with Gasteiger partial charge in [0.25, 0.3) is 11.8 Å². The van der Waals surface area contributed by atoms with Crippen LogP contribution in [0.1, 0.15) is 64.5 Å². The monoisotopic (exact) mass is 569 g/mol. The predicted octanol–water partition coefficient (Wildman–Crippen LogP) is 2.79. The summed E-state index contributed by atoms with van der Waals surface area (Å²) in [7, 11) is 5.61. The van der Waals surface area contributed by atoms with Crippen molar-refractivity contribution < 1.29 is 18.7 Å². The molecule has 1 saturated heterocycles. The number of fused-ring (bicyclic) bond motifs is 1. The zero-order chi connectivity index (χ0) is 29.6. The molecule has 4 heterocycles. The number of carbonyl (C=O) groups excluding carboxylic acids is 2. The highest BCUT2D eigenvalue weighted by Gasteiger charge is 2.22. The highest BCUT2D eigenvalue weighted by atomic mass is 19.1. The molecule has 12 heteroatoms. The molecule has 0 bridgehead atoms. The Kier molecular flexibility index (Phi) is 9.11. The first kappa shape index (κ1) is 29.2. The van der Waals surface area contributed by atoms with Crippen LogP contribution >= 0.6 is 0 Å². The number of rotatable bonds is 10. The molecule has 2 amide bonds. The molecule has 1 aliphatic rings. The van der Waals surface area contributed by atoms with Gasteiger partial charge in [-0.2, -0.15) is 5.10 Å². The zero-order valence-electron chi connectivity index (χ0n) is 23.7. The SMILES string of the molecule is [B]c1cc(CNC(=O)c2cccc(C(=O)NCc3c(CC)nc4c(cnn4CC)c3NC3CCOCC3)n2)ccc1F. The van der Waals surface area contributed by atoms with E-state index in [1.54, 1.807) is 18.2 Å². The second-order valence-electron chi connectivity index (χ2n) is 10.1. The zero-order valence-corrected chi connectivity index (χ0v) is 23.7. The summed E-state index contributed by atoms with van der Waals surface area (Å²) in [5, 5.41) is 14.8. The molecule has 0 saturated carbocycles. The Morgan fingerprint density at radius 3 is 2.43 bits per heavy atom. The van der Waals surface area contributed by atoms with Gasteiger partial charge in [-0.05, 0) is 49.9 Å². The van der Waals surface area contributed by atoms with E-state index in [0.29, 0.717) is 31.7 Å². The molecule has 5 rings (SSSR count). The van der Waals surface area contributed by atoms with Gasteiger partial charge in [-0.25, -0.2) is 19.0 Å². The summed E-state index contributed by atoms with van der Waals surface area (Å²) < 4.78 is 20.8. The molecule has 3 aromatic heterocycles. The van der Waals surface area contributed by atoms with Gasteiger partial charge in [0.15, 0.2) is 5.65 Å². The van der Waals surface area contributed by atoms with Gasteiger partial charge in [0.1, 0.15) is 25.1 Å². The number of nitrogens with zero attached hydrogens (tertiary/aromatic N) is 4. The standard InChI is InChI=1S/C30H33BFN7O3/c1-3-24-20(27(36-19-10-12-42-13-11-19)21-17-35-39(4-2)28(21)38-24)16-34-30(41)26-7-5-6-25(37-26)29(40)33-15-18-8-9-23(32)22(31)14-18/h5-9,14,17,19H,3-4,10-13,15-16H2,1-2H3,(H,33,40)(H,34,41)(H,36,38). The van der Waals surface area contributed by atoms with Crippen molar-refractivity contribution in [3.8, 4) is 0 Å². The Labute approximate surface area is 244 Å². The average Bonchev–Trinajstić information content (AvgIpc) is 3.44. The van der Waals surface area contributed by atoms with E-state index in [1.807, 2.05) is 24.7 Å². The summed E-state index contributed by atoms with van der Waals surface area (Å²) in [6, 6.07) is 9.17. The number of carbonyl (C=O) groups is 2. The van der Waals surface area contributed by atoms with Gasteiger partial charge in [0, 0.05) is 50.1 Å². The fourth-order valence-corrected chi connectivity index (χ4v) is 5.02. The molecule has 3 N–H and O–H groups in total. The number of aromatic nitrogens is 4. The van der Waals surface area contributed by atoms with Gasteiger partial charge >= 0.3 is 0 Å². The van der Waals surface area contributed by atoms with Gasteiger partial charge in [-0.1, -0.05) is 30.6 Å². The smallest absolute Gasteiger partial charge is 0.270 e. The highest BCUT2D eigenvalue weighted by Crippen LogP contribution is 2.31. The number of benzene rings is 1. The molecule has 2 radical (unpaired) electrons. The summed E-state index contributed by atoms with van der Waals surface area (Å²) in [5.74, 6) is -1.40. The van der Waals surface area contributed by atoms with Gasteiger partial charge < -0.3 is 20.7 Å². The second-order valence-corrected chi connectivity index (χ2v) is 10.1. The van der Waals surface area contributed by atoms with Crippen LogP contribution in [0.4, 0.5) is 10.1 Å². The first-order chi connectivity index (χ1) is 20.4. The molecule has 0 atom stereocenters. The first-order valence-corrected chi connectivity index (χ1v) is 14.2. The Hall–Kier alpha value is -4.32. The Morgan fingerprint density at radius 1 is 1.05 bits per heavy atom. The van der Waals surface area contributed by atoms with Gasteiger partial charge in [-0.15, -0.1) is 0 Å². The Bertz CT molecular complexity index is 1600. The van der Waals surface area contributed by atoms with Crippen molar-refractivity contribution in [1.82, 2.24) is 30.4 Å². The van der Waals surface area contributed by atoms with Crippen LogP contribution in [-0.4, -0.2) is 58.7 Å². The summed E-state index contributed by atoms with van der Waals surface area (Å²) in [5.41, 5.74) is 4.34. The Balaban J connectivity index is 1.33. The number of nitrogens with one attached hydrogen (secondary N) is 3. The maximum atomic E-state index is 13.4.